The van der Waals surface area contributed by atoms with E-state index in [1.54, 1.807) is 18.2 Å². The number of carboxylic acid groups (broad SMARTS) is 1. The van der Waals surface area contributed by atoms with Crippen molar-refractivity contribution >= 4 is 27.5 Å². The molecule has 5 aliphatic rings. The monoisotopic (exact) mass is 769 g/mol. The largest absolute Gasteiger partial charge is 0.478 e. The van der Waals surface area contributed by atoms with Crippen LogP contribution in [-0.4, -0.2) is 29.5 Å². The lowest BCUT2D eigenvalue weighted by Crippen LogP contribution is -2.65. The van der Waals surface area contributed by atoms with Crippen molar-refractivity contribution in [1.29, 1.82) is 0 Å². The molecule has 3 nitrogen and oxygen atoms in total. The first-order chi connectivity index (χ1) is 24.8. The number of hydrogen-bond acceptors (Lipinski definition) is 2. The highest BCUT2D eigenvalue weighted by Gasteiger charge is 2.69. The number of terminal acetylenes is 4. The smallest absolute Gasteiger partial charge is 0.335 e. The number of alkyl halides is 1. The third-order valence-electron chi connectivity index (χ3n) is 14.5. The van der Waals surface area contributed by atoms with Crippen LogP contribution in [0.1, 0.15) is 128 Å². The van der Waals surface area contributed by atoms with Crippen LogP contribution in [0.2, 0.25) is 0 Å². The maximum atomic E-state index is 11.5. The molecular formula is C48H68BrNO2. The Labute approximate surface area is 328 Å². The molecule has 0 heterocycles. The van der Waals surface area contributed by atoms with Crippen molar-refractivity contribution in [3.05, 3.63) is 54.1 Å². The number of carboxylic acids is 1. The van der Waals surface area contributed by atoms with Crippen molar-refractivity contribution in [2.75, 3.05) is 18.4 Å². The van der Waals surface area contributed by atoms with Gasteiger partial charge >= 0.3 is 5.97 Å². The van der Waals surface area contributed by atoms with Gasteiger partial charge in [-0.1, -0.05) is 81.3 Å². The Morgan fingerprint density at radius 1 is 0.846 bits per heavy atom. The molecule has 0 aliphatic heterocycles. The van der Waals surface area contributed by atoms with Gasteiger partial charge in [-0.3, -0.25) is 0 Å². The summed E-state index contributed by atoms with van der Waals surface area (Å²) in [5, 5.41) is 14.4. The third kappa shape index (κ3) is 8.47. The number of aromatic carboxylic acids is 1. The first-order valence-electron chi connectivity index (χ1n) is 19.1. The Balaban J connectivity index is 0.00000112. The fourth-order valence-corrected chi connectivity index (χ4v) is 12.7. The lowest BCUT2D eigenvalue weighted by molar-refractivity contribution is -0.222. The van der Waals surface area contributed by atoms with Gasteiger partial charge in [0, 0.05) is 11.9 Å². The van der Waals surface area contributed by atoms with E-state index in [1.807, 2.05) is 19.1 Å². The second kappa shape index (κ2) is 20.3. The molecule has 2 N–H and O–H groups in total. The molecule has 1 aromatic rings. The topological polar surface area (TPSA) is 49.3 Å². The molecule has 0 spiro atoms. The van der Waals surface area contributed by atoms with Crippen molar-refractivity contribution in [2.24, 2.45) is 50.7 Å². The molecule has 4 saturated carbocycles. The molecule has 8 atom stereocenters. The lowest BCUT2D eigenvalue weighted by Gasteiger charge is -2.72. The van der Waals surface area contributed by atoms with Crippen molar-refractivity contribution < 1.29 is 9.90 Å². The standard InChI is InChI=1S/C37H54BrNO2.C3H6.4C2H2/c1-33(2)27(25-9-11-26(12-10-25)32(40)41)15-18-34(3)30(33)16-19-36(5)31(34)14-13-28-29-8-6-17-37(29,21-20-35(28,36)4)24-39-23-7-22-38;1-3-2;4*1-2/h9-12,15,28-31,39H,6-8,13-14,16-24H2,1-5H3,(H,40,41);3H,1H2,2H3;4*1-2H/t28-,29?,30?,31?,34+,35-,36-,37-;;;;;/m1...../s1. The number of fused-ring (bicyclic) bond motifs is 7. The normalized spacial score (nSPS) is 34.2. The zero-order valence-corrected chi connectivity index (χ0v) is 34.8. The fraction of sp³-hybridized carbons (Fsp3) is 0.604. The second-order valence-corrected chi connectivity index (χ2v) is 17.4. The van der Waals surface area contributed by atoms with Gasteiger partial charge in [-0.2, -0.15) is 0 Å². The minimum atomic E-state index is -0.847. The molecule has 4 fully saturated rings. The van der Waals surface area contributed by atoms with E-state index in [2.05, 4.69) is 120 Å². The molecule has 4 heteroatoms. The molecule has 0 amide bonds. The van der Waals surface area contributed by atoms with Gasteiger partial charge in [0.1, 0.15) is 0 Å². The van der Waals surface area contributed by atoms with Crippen LogP contribution in [0.15, 0.2) is 43.0 Å². The van der Waals surface area contributed by atoms with Gasteiger partial charge in [-0.05, 0) is 152 Å². The van der Waals surface area contributed by atoms with Crippen molar-refractivity contribution in [1.82, 2.24) is 5.32 Å². The van der Waals surface area contributed by atoms with Gasteiger partial charge in [0.05, 0.1) is 5.56 Å². The van der Waals surface area contributed by atoms with Crippen LogP contribution in [0.5, 0.6) is 0 Å². The Morgan fingerprint density at radius 3 is 2.00 bits per heavy atom. The van der Waals surface area contributed by atoms with Crippen LogP contribution in [-0.2, 0) is 0 Å². The van der Waals surface area contributed by atoms with Gasteiger partial charge < -0.3 is 10.4 Å². The minimum absolute atomic E-state index is 0.0742. The number of carbonyl (C=O) groups is 1. The van der Waals surface area contributed by atoms with E-state index in [0.29, 0.717) is 33.1 Å². The molecule has 3 unspecified atom stereocenters. The van der Waals surface area contributed by atoms with Crippen molar-refractivity contribution in [2.45, 2.75) is 112 Å². The summed E-state index contributed by atoms with van der Waals surface area (Å²) in [5.74, 6) is 2.37. The Hall–Kier alpha value is -3.15. The number of nitrogens with one attached hydrogen (secondary N) is 1. The Kier molecular flexibility index (Phi) is 18.3. The van der Waals surface area contributed by atoms with Crippen LogP contribution in [0.25, 0.3) is 5.57 Å². The molecule has 0 saturated heterocycles. The molecule has 284 valence electrons. The average Bonchev–Trinajstić information content (AvgIpc) is 3.58. The minimum Gasteiger partial charge on any atom is -0.478 e. The molecule has 6 rings (SSSR count). The summed E-state index contributed by atoms with van der Waals surface area (Å²) in [6, 6.07) is 7.66. The summed E-state index contributed by atoms with van der Waals surface area (Å²) >= 11 is 3.62. The second-order valence-electron chi connectivity index (χ2n) is 16.6. The van der Waals surface area contributed by atoms with E-state index in [1.165, 1.54) is 81.9 Å². The quantitative estimate of drug-likeness (QED) is 0.126. The fourth-order valence-electron chi connectivity index (χ4n) is 12.4. The number of hydrogen-bond donors (Lipinski definition) is 2. The zero-order valence-electron chi connectivity index (χ0n) is 33.2. The van der Waals surface area contributed by atoms with Gasteiger partial charge in [0.15, 0.2) is 0 Å². The van der Waals surface area contributed by atoms with Gasteiger partial charge in [0.2, 0.25) is 0 Å². The summed E-state index contributed by atoms with van der Waals surface area (Å²) in [4.78, 5) is 11.5. The Bertz CT molecular complexity index is 1390. The van der Waals surface area contributed by atoms with E-state index in [0.717, 1.165) is 36.0 Å². The van der Waals surface area contributed by atoms with E-state index in [-0.39, 0.29) is 5.41 Å². The van der Waals surface area contributed by atoms with Crippen LogP contribution in [0, 0.1) is 102 Å². The van der Waals surface area contributed by atoms with Crippen LogP contribution < -0.4 is 5.32 Å². The molecule has 0 bridgehead atoms. The number of rotatable bonds is 7. The first-order valence-corrected chi connectivity index (χ1v) is 20.2. The molecule has 0 aromatic heterocycles. The predicted octanol–water partition coefficient (Wildman–Crippen LogP) is 11.8. The first kappa shape index (κ1) is 46.9. The molecule has 0 radical (unpaired) electrons. The SMILES string of the molecule is C#C.C#C.C#C.C#C.C=CC.CC1(C)C(c2ccc(C(=O)O)cc2)=CC[C@@]2(C)C1CC[C@]1(C)C2CC[C@@H]2C3CCC[C@]3(CNCCCBr)CC[C@]21C. The number of halogens is 1. The van der Waals surface area contributed by atoms with Gasteiger partial charge in [-0.25, -0.2) is 4.79 Å². The molecular weight excluding hydrogens is 702 g/mol. The summed E-state index contributed by atoms with van der Waals surface area (Å²) in [5.41, 5.74) is 4.80. The third-order valence-corrected chi connectivity index (χ3v) is 15.1. The van der Waals surface area contributed by atoms with E-state index >= 15 is 0 Å². The maximum absolute atomic E-state index is 11.5. The van der Waals surface area contributed by atoms with E-state index < -0.39 is 5.97 Å². The van der Waals surface area contributed by atoms with Crippen LogP contribution in [0.3, 0.4) is 0 Å². The highest BCUT2D eigenvalue weighted by Crippen LogP contribution is 2.77. The van der Waals surface area contributed by atoms with E-state index in [9.17, 15) is 9.90 Å². The van der Waals surface area contributed by atoms with E-state index in [4.69, 9.17) is 0 Å². The van der Waals surface area contributed by atoms with Gasteiger partial charge in [-0.15, -0.1) is 58.0 Å². The molecule has 5 aliphatic carbocycles. The summed E-state index contributed by atoms with van der Waals surface area (Å²) < 4.78 is 0. The van der Waals surface area contributed by atoms with Gasteiger partial charge in [0.25, 0.3) is 0 Å². The number of allylic oxidation sites excluding steroid dienone is 3. The summed E-state index contributed by atoms with van der Waals surface area (Å²) in [6.07, 6.45) is 51.4. The van der Waals surface area contributed by atoms with Crippen molar-refractivity contribution in [3.63, 3.8) is 0 Å². The highest BCUT2D eigenvalue weighted by atomic mass is 79.9. The Morgan fingerprint density at radius 2 is 1.44 bits per heavy atom. The average molecular weight is 771 g/mol. The van der Waals surface area contributed by atoms with Crippen LogP contribution >= 0.6 is 15.9 Å². The highest BCUT2D eigenvalue weighted by molar-refractivity contribution is 9.09. The van der Waals surface area contributed by atoms with Crippen molar-refractivity contribution in [3.8, 4) is 51.4 Å². The molecule has 52 heavy (non-hydrogen) atoms. The zero-order chi connectivity index (χ0) is 40.0. The predicted molar refractivity (Wildman–Crippen MR) is 229 cm³/mol. The molecule has 1 aromatic carbocycles. The van der Waals surface area contributed by atoms with Crippen LogP contribution in [0.4, 0.5) is 0 Å². The summed E-state index contributed by atoms with van der Waals surface area (Å²) in [7, 11) is 0. The maximum Gasteiger partial charge on any atom is 0.335 e. The lowest BCUT2D eigenvalue weighted by atomic mass is 9.32. The summed E-state index contributed by atoms with van der Waals surface area (Å²) in [6.45, 7) is 20.8. The number of benzene rings is 1.